The molecule has 0 aliphatic carbocycles. The average Bonchev–Trinajstić information content (AvgIpc) is 2.54. The van der Waals surface area contributed by atoms with E-state index in [1.165, 1.54) is 13.8 Å². The van der Waals surface area contributed by atoms with Gasteiger partial charge >= 0.3 is 5.97 Å². The highest BCUT2D eigenvalue weighted by Gasteiger charge is 2.33. The number of rotatable bonds is 6. The van der Waals surface area contributed by atoms with Gasteiger partial charge in [-0.1, -0.05) is 54.9 Å². The van der Waals surface area contributed by atoms with Crippen LogP contribution in [-0.4, -0.2) is 16.7 Å². The Bertz CT molecular complexity index is 774. The molecule has 0 saturated carbocycles. The number of carbonyl (C=O) groups is 1. The molecule has 0 spiro atoms. The summed E-state index contributed by atoms with van der Waals surface area (Å²) in [6.07, 6.45) is 0. The number of halogens is 1. The number of benzene rings is 2. The monoisotopic (exact) mass is 420 g/mol. The lowest BCUT2D eigenvalue weighted by Crippen LogP contribution is -2.38. The summed E-state index contributed by atoms with van der Waals surface area (Å²) in [6.45, 7) is 9.21. The summed E-state index contributed by atoms with van der Waals surface area (Å²) in [5.74, 6) is 0.867. The van der Waals surface area contributed by atoms with E-state index in [9.17, 15) is 9.90 Å². The van der Waals surface area contributed by atoms with Gasteiger partial charge in [0.05, 0.1) is 0 Å². The van der Waals surface area contributed by atoms with Crippen molar-refractivity contribution in [2.75, 3.05) is 0 Å². The van der Waals surface area contributed by atoms with Crippen molar-refractivity contribution < 1.29 is 19.4 Å². The smallest absolute Gasteiger partial charge is 0.347 e. The molecule has 0 atom stereocenters. The highest BCUT2D eigenvalue weighted by atomic mass is 79.9. The van der Waals surface area contributed by atoms with Crippen molar-refractivity contribution in [3.8, 4) is 17.2 Å². The maximum atomic E-state index is 11.5. The van der Waals surface area contributed by atoms with Crippen molar-refractivity contribution >= 4 is 21.9 Å². The molecule has 0 amide bonds. The minimum absolute atomic E-state index is 0.295. The zero-order valence-electron chi connectivity index (χ0n) is 15.8. The molecule has 0 aliphatic heterocycles. The molecule has 2 rings (SSSR count). The Labute approximate surface area is 163 Å². The number of aliphatic carboxylic acids is 1. The van der Waals surface area contributed by atoms with Gasteiger partial charge in [-0.25, -0.2) is 4.79 Å². The molecule has 1 N–H and O–H groups in total. The van der Waals surface area contributed by atoms with Crippen LogP contribution < -0.4 is 9.47 Å². The Kier molecular flexibility index (Phi) is 6.02. The Morgan fingerprint density at radius 2 is 1.58 bits per heavy atom. The first-order chi connectivity index (χ1) is 12.0. The molecular formula is C21H25BrO4. The zero-order chi connectivity index (χ0) is 19.5. The minimum Gasteiger partial charge on any atom is -0.478 e. The fourth-order valence-electron chi connectivity index (χ4n) is 2.51. The molecule has 140 valence electrons. The first kappa shape index (κ1) is 20.3. The molecule has 0 saturated heterocycles. The highest BCUT2D eigenvalue weighted by molar-refractivity contribution is 9.08. The van der Waals surface area contributed by atoms with Gasteiger partial charge < -0.3 is 14.6 Å². The van der Waals surface area contributed by atoms with E-state index in [-0.39, 0.29) is 5.41 Å². The van der Waals surface area contributed by atoms with Crippen LogP contribution in [0.3, 0.4) is 0 Å². The molecule has 0 radical (unpaired) electrons. The van der Waals surface area contributed by atoms with Gasteiger partial charge in [-0.05, 0) is 49.1 Å². The maximum Gasteiger partial charge on any atom is 0.347 e. The van der Waals surface area contributed by atoms with Crippen LogP contribution in [0, 0.1) is 0 Å². The molecular weight excluding hydrogens is 396 g/mol. The van der Waals surface area contributed by atoms with E-state index in [2.05, 4.69) is 15.9 Å². The summed E-state index contributed by atoms with van der Waals surface area (Å²) in [6, 6.07) is 13.3. The first-order valence-corrected chi connectivity index (χ1v) is 9.55. The Hall–Kier alpha value is -2.01. The topological polar surface area (TPSA) is 55.8 Å². The molecule has 0 bridgehead atoms. The van der Waals surface area contributed by atoms with Crippen molar-refractivity contribution in [3.63, 3.8) is 0 Å². The van der Waals surface area contributed by atoms with Crippen LogP contribution >= 0.6 is 15.9 Å². The van der Waals surface area contributed by atoms with Crippen molar-refractivity contribution in [1.82, 2.24) is 0 Å². The third-order valence-electron chi connectivity index (χ3n) is 3.92. The SMILES string of the molecule is CC(C)(Oc1cccc(Oc2ccc(CBr)cc2)c1C(C)(C)C)C(=O)O. The lowest BCUT2D eigenvalue weighted by Gasteiger charge is -2.29. The third-order valence-corrected chi connectivity index (χ3v) is 4.57. The molecule has 5 heteroatoms. The van der Waals surface area contributed by atoms with Crippen LogP contribution in [0.25, 0.3) is 0 Å². The standard InChI is InChI=1S/C21H25BrO4/c1-20(2,3)18-16(25-15-11-9-14(13-22)10-12-15)7-6-8-17(18)26-21(4,5)19(23)24/h6-12H,13H2,1-5H3,(H,23,24). The summed E-state index contributed by atoms with van der Waals surface area (Å²) >= 11 is 3.43. The van der Waals surface area contributed by atoms with Gasteiger partial charge in [0.2, 0.25) is 0 Å². The number of carboxylic acid groups (broad SMARTS) is 1. The fraction of sp³-hybridized carbons (Fsp3) is 0.381. The van der Waals surface area contributed by atoms with Gasteiger partial charge in [0.25, 0.3) is 0 Å². The summed E-state index contributed by atoms with van der Waals surface area (Å²) < 4.78 is 12.0. The number of hydrogen-bond acceptors (Lipinski definition) is 3. The quantitative estimate of drug-likeness (QED) is 0.589. The summed E-state index contributed by atoms with van der Waals surface area (Å²) in [7, 11) is 0. The van der Waals surface area contributed by atoms with Crippen LogP contribution in [-0.2, 0) is 15.5 Å². The van der Waals surface area contributed by atoms with Crippen molar-refractivity contribution in [1.29, 1.82) is 0 Å². The molecule has 2 aromatic rings. The summed E-state index contributed by atoms with van der Waals surface area (Å²) in [4.78, 5) is 11.5. The van der Waals surface area contributed by atoms with Crippen molar-refractivity contribution in [2.24, 2.45) is 0 Å². The largest absolute Gasteiger partial charge is 0.478 e. The van der Waals surface area contributed by atoms with Crippen molar-refractivity contribution in [2.45, 2.75) is 51.0 Å². The molecule has 0 aromatic heterocycles. The fourth-order valence-corrected chi connectivity index (χ4v) is 2.89. The lowest BCUT2D eigenvalue weighted by molar-refractivity contribution is -0.152. The predicted octanol–water partition coefficient (Wildman–Crippen LogP) is 5.91. The number of carboxylic acids is 1. The van der Waals surface area contributed by atoms with E-state index < -0.39 is 11.6 Å². The zero-order valence-corrected chi connectivity index (χ0v) is 17.4. The number of ether oxygens (including phenoxy) is 2. The van der Waals surface area contributed by atoms with E-state index in [1.54, 1.807) is 6.07 Å². The third kappa shape index (κ3) is 4.79. The second-order valence-corrected chi connectivity index (χ2v) is 8.24. The van der Waals surface area contributed by atoms with Gasteiger partial charge in [-0.3, -0.25) is 0 Å². The van der Waals surface area contributed by atoms with E-state index in [1.807, 2.05) is 57.2 Å². The second kappa shape index (κ2) is 7.70. The highest BCUT2D eigenvalue weighted by Crippen LogP contribution is 2.41. The van der Waals surface area contributed by atoms with E-state index in [0.29, 0.717) is 11.5 Å². The second-order valence-electron chi connectivity index (χ2n) is 7.68. The van der Waals surface area contributed by atoms with E-state index in [4.69, 9.17) is 9.47 Å². The van der Waals surface area contributed by atoms with Gasteiger partial charge in [0.15, 0.2) is 5.60 Å². The average molecular weight is 421 g/mol. The predicted molar refractivity (Wildman–Crippen MR) is 107 cm³/mol. The first-order valence-electron chi connectivity index (χ1n) is 8.43. The summed E-state index contributed by atoms with van der Waals surface area (Å²) in [5, 5.41) is 10.2. The summed E-state index contributed by atoms with van der Waals surface area (Å²) in [5.41, 5.74) is 0.361. The van der Waals surface area contributed by atoms with Crippen molar-refractivity contribution in [3.05, 3.63) is 53.6 Å². The molecule has 0 fully saturated rings. The normalized spacial score (nSPS) is 11.9. The Morgan fingerprint density at radius 3 is 2.08 bits per heavy atom. The van der Waals surface area contributed by atoms with Crippen LogP contribution in [0.5, 0.6) is 17.2 Å². The number of hydrogen-bond donors (Lipinski definition) is 1. The van der Waals surface area contributed by atoms with Gasteiger partial charge in [-0.15, -0.1) is 0 Å². The molecule has 2 aromatic carbocycles. The Morgan fingerprint density at radius 1 is 1.00 bits per heavy atom. The molecule has 26 heavy (non-hydrogen) atoms. The molecule has 4 nitrogen and oxygen atoms in total. The van der Waals surface area contributed by atoms with Gasteiger partial charge in [0.1, 0.15) is 17.2 Å². The molecule has 0 aliphatic rings. The Balaban J connectivity index is 2.45. The van der Waals surface area contributed by atoms with Gasteiger partial charge in [-0.2, -0.15) is 0 Å². The van der Waals surface area contributed by atoms with Crippen LogP contribution in [0.2, 0.25) is 0 Å². The molecule has 0 heterocycles. The van der Waals surface area contributed by atoms with E-state index >= 15 is 0 Å². The van der Waals surface area contributed by atoms with E-state index in [0.717, 1.165) is 22.2 Å². The minimum atomic E-state index is -1.34. The van der Waals surface area contributed by atoms with Crippen LogP contribution in [0.4, 0.5) is 0 Å². The lowest BCUT2D eigenvalue weighted by atomic mass is 9.85. The van der Waals surface area contributed by atoms with Crippen LogP contribution in [0.1, 0.15) is 45.7 Å². The van der Waals surface area contributed by atoms with Gasteiger partial charge in [0, 0.05) is 10.9 Å². The van der Waals surface area contributed by atoms with Crippen LogP contribution in [0.15, 0.2) is 42.5 Å². The molecule has 0 unspecified atom stereocenters. The maximum absolute atomic E-state index is 11.5. The number of alkyl halides is 1.